The van der Waals surface area contributed by atoms with Crippen LogP contribution in [0.25, 0.3) is 0 Å². The van der Waals surface area contributed by atoms with Crippen molar-refractivity contribution >= 4 is 21.5 Å². The lowest BCUT2D eigenvalue weighted by atomic mass is 9.90. The number of carbonyl (C=O) groups is 1. The summed E-state index contributed by atoms with van der Waals surface area (Å²) in [6, 6.07) is 24.5. The van der Waals surface area contributed by atoms with Crippen LogP contribution in [0.2, 0.25) is 0 Å². The summed E-state index contributed by atoms with van der Waals surface area (Å²) in [5.41, 5.74) is 1.60. The van der Waals surface area contributed by atoms with Gasteiger partial charge >= 0.3 is 0 Å². The van der Waals surface area contributed by atoms with Crippen LogP contribution < -0.4 is 9.04 Å². The number of benzene rings is 3. The van der Waals surface area contributed by atoms with E-state index in [0.717, 1.165) is 5.56 Å². The summed E-state index contributed by atoms with van der Waals surface area (Å²) in [4.78, 5) is 13.4. The van der Waals surface area contributed by atoms with Gasteiger partial charge in [-0.05, 0) is 29.8 Å². The van der Waals surface area contributed by atoms with Crippen LogP contribution in [0.3, 0.4) is 0 Å². The summed E-state index contributed by atoms with van der Waals surface area (Å²) in [5, 5.41) is -1.27. The SMILES string of the molecule is COc1ccc(N2C=C[C@@H](c3ccccc3)[C@H](C(=O)c3ccccc3)S2(=O)=O)cc1. The first-order valence-electron chi connectivity index (χ1n) is 9.52. The lowest BCUT2D eigenvalue weighted by molar-refractivity contribution is 0.0981. The minimum absolute atomic E-state index is 0.372. The van der Waals surface area contributed by atoms with Gasteiger partial charge in [0.1, 0.15) is 5.75 Å². The van der Waals surface area contributed by atoms with Gasteiger partial charge in [0.2, 0.25) is 10.0 Å². The average Bonchev–Trinajstić information content (AvgIpc) is 2.79. The topological polar surface area (TPSA) is 63.7 Å². The molecule has 0 fully saturated rings. The maximum Gasteiger partial charge on any atom is 0.250 e. The van der Waals surface area contributed by atoms with E-state index in [1.165, 1.54) is 10.5 Å². The largest absolute Gasteiger partial charge is 0.497 e. The highest BCUT2D eigenvalue weighted by atomic mass is 32.2. The summed E-state index contributed by atoms with van der Waals surface area (Å²) in [7, 11) is -2.48. The lowest BCUT2D eigenvalue weighted by Gasteiger charge is -2.34. The number of anilines is 1. The van der Waals surface area contributed by atoms with Gasteiger partial charge in [0, 0.05) is 17.7 Å². The Kier molecular flexibility index (Phi) is 5.42. The fourth-order valence-corrected chi connectivity index (χ4v) is 5.58. The molecule has 2 atom stereocenters. The minimum atomic E-state index is -4.03. The first-order chi connectivity index (χ1) is 14.5. The molecule has 1 aliphatic rings. The number of sulfonamides is 1. The second kappa shape index (κ2) is 8.16. The van der Waals surface area contributed by atoms with Crippen molar-refractivity contribution in [2.75, 3.05) is 11.4 Å². The van der Waals surface area contributed by atoms with Crippen molar-refractivity contribution in [3.05, 3.63) is 108 Å². The van der Waals surface area contributed by atoms with Gasteiger partial charge < -0.3 is 4.74 Å². The van der Waals surface area contributed by atoms with E-state index < -0.39 is 27.0 Å². The molecule has 0 saturated heterocycles. The fourth-order valence-electron chi connectivity index (χ4n) is 3.65. The summed E-state index contributed by atoms with van der Waals surface area (Å²) in [6.07, 6.45) is 3.32. The number of hydrogen-bond donors (Lipinski definition) is 0. The van der Waals surface area contributed by atoms with Crippen LogP contribution in [0.5, 0.6) is 5.75 Å². The molecule has 0 saturated carbocycles. The van der Waals surface area contributed by atoms with Crippen LogP contribution in [-0.4, -0.2) is 26.6 Å². The smallest absolute Gasteiger partial charge is 0.250 e. The van der Waals surface area contributed by atoms with Crippen LogP contribution in [0.4, 0.5) is 5.69 Å². The number of nitrogens with zero attached hydrogens (tertiary/aromatic N) is 1. The van der Waals surface area contributed by atoms with Crippen molar-refractivity contribution in [1.29, 1.82) is 0 Å². The van der Waals surface area contributed by atoms with E-state index in [1.807, 2.05) is 30.3 Å². The molecule has 0 N–H and O–H groups in total. The van der Waals surface area contributed by atoms with Crippen molar-refractivity contribution in [3.8, 4) is 5.75 Å². The number of ketones is 1. The van der Waals surface area contributed by atoms with E-state index in [0.29, 0.717) is 17.0 Å². The van der Waals surface area contributed by atoms with Crippen molar-refractivity contribution in [3.63, 3.8) is 0 Å². The molecule has 0 amide bonds. The average molecular weight is 420 g/mol. The second-order valence-electron chi connectivity index (χ2n) is 6.97. The molecule has 3 aromatic carbocycles. The number of ether oxygens (including phenoxy) is 1. The van der Waals surface area contributed by atoms with E-state index in [1.54, 1.807) is 67.8 Å². The van der Waals surface area contributed by atoms with E-state index in [2.05, 4.69) is 0 Å². The molecule has 0 unspecified atom stereocenters. The van der Waals surface area contributed by atoms with Crippen LogP contribution in [0, 0.1) is 0 Å². The molecular weight excluding hydrogens is 398 g/mol. The summed E-state index contributed by atoms with van der Waals surface area (Å²) in [5.74, 6) is -0.387. The number of allylic oxidation sites excluding steroid dienone is 1. The van der Waals surface area contributed by atoms with Gasteiger partial charge in [-0.15, -0.1) is 0 Å². The van der Waals surface area contributed by atoms with E-state index in [-0.39, 0.29) is 0 Å². The number of carbonyl (C=O) groups excluding carboxylic acids is 1. The maximum atomic E-state index is 13.7. The summed E-state index contributed by atoms with van der Waals surface area (Å²) in [6.45, 7) is 0. The van der Waals surface area contributed by atoms with Crippen LogP contribution in [-0.2, 0) is 10.0 Å². The molecule has 0 aliphatic carbocycles. The van der Waals surface area contributed by atoms with Crippen LogP contribution in [0.15, 0.2) is 97.2 Å². The highest BCUT2D eigenvalue weighted by Crippen LogP contribution is 2.37. The minimum Gasteiger partial charge on any atom is -0.497 e. The highest BCUT2D eigenvalue weighted by Gasteiger charge is 2.45. The summed E-state index contributed by atoms with van der Waals surface area (Å²) >= 11 is 0. The zero-order valence-corrected chi connectivity index (χ0v) is 17.2. The van der Waals surface area contributed by atoms with E-state index >= 15 is 0 Å². The number of hydrogen-bond acceptors (Lipinski definition) is 4. The Hall–Kier alpha value is -3.38. The molecule has 152 valence electrons. The molecule has 4 rings (SSSR count). The van der Waals surface area contributed by atoms with Crippen LogP contribution in [0.1, 0.15) is 21.8 Å². The van der Waals surface area contributed by atoms with Gasteiger partial charge in [-0.3, -0.25) is 4.79 Å². The number of rotatable bonds is 5. The molecule has 0 radical (unpaired) electrons. The Bertz CT molecular complexity index is 1160. The highest BCUT2D eigenvalue weighted by molar-refractivity contribution is 7.94. The normalized spacial score (nSPS) is 20.0. The van der Waals surface area contributed by atoms with Gasteiger partial charge in [0.25, 0.3) is 0 Å². The third-order valence-electron chi connectivity index (χ3n) is 5.18. The quantitative estimate of drug-likeness (QED) is 0.575. The molecule has 30 heavy (non-hydrogen) atoms. The van der Waals surface area contributed by atoms with Crippen molar-refractivity contribution in [2.24, 2.45) is 0 Å². The fraction of sp³-hybridized carbons (Fsp3) is 0.125. The first-order valence-corrected chi connectivity index (χ1v) is 11.0. The number of Topliss-reactive ketones (excluding diaryl/α,β-unsaturated/α-hetero) is 1. The predicted molar refractivity (Wildman–Crippen MR) is 117 cm³/mol. The third-order valence-corrected chi connectivity index (χ3v) is 7.21. The zero-order valence-electron chi connectivity index (χ0n) is 16.4. The molecule has 5 nitrogen and oxygen atoms in total. The van der Waals surface area contributed by atoms with Gasteiger partial charge in [-0.25, -0.2) is 12.7 Å². The van der Waals surface area contributed by atoms with Gasteiger partial charge in [0.15, 0.2) is 11.0 Å². The molecule has 6 heteroatoms. The standard InChI is InChI=1S/C24H21NO4S/c1-29-21-14-12-20(13-15-21)25-17-16-22(18-8-4-2-5-9-18)24(30(25,27)28)23(26)19-10-6-3-7-11-19/h2-17,22,24H,1H3/t22-,24+/m0/s1. The number of methoxy groups -OCH3 is 1. The first kappa shape index (κ1) is 19.9. The molecule has 0 spiro atoms. The Labute approximate surface area is 176 Å². The summed E-state index contributed by atoms with van der Waals surface area (Å²) < 4.78 is 33.7. The van der Waals surface area contributed by atoms with Gasteiger partial charge in [-0.1, -0.05) is 66.7 Å². The predicted octanol–water partition coefficient (Wildman–Crippen LogP) is 4.39. The molecule has 0 aromatic heterocycles. The zero-order chi connectivity index (χ0) is 21.1. The molecule has 1 aliphatic heterocycles. The second-order valence-corrected chi connectivity index (χ2v) is 8.90. The van der Waals surface area contributed by atoms with E-state index in [9.17, 15) is 13.2 Å². The van der Waals surface area contributed by atoms with Crippen molar-refractivity contribution in [1.82, 2.24) is 0 Å². The molecule has 0 bridgehead atoms. The lowest BCUT2D eigenvalue weighted by Crippen LogP contribution is -2.46. The van der Waals surface area contributed by atoms with Crippen LogP contribution >= 0.6 is 0 Å². The Balaban J connectivity index is 1.83. The molecule has 1 heterocycles. The van der Waals surface area contributed by atoms with Crippen molar-refractivity contribution in [2.45, 2.75) is 11.2 Å². The Morgan fingerprint density at radius 2 is 1.47 bits per heavy atom. The maximum absolute atomic E-state index is 13.7. The van der Waals surface area contributed by atoms with Crippen molar-refractivity contribution < 1.29 is 17.9 Å². The molecular formula is C24H21NO4S. The molecule has 3 aromatic rings. The van der Waals surface area contributed by atoms with E-state index in [4.69, 9.17) is 4.74 Å². The monoisotopic (exact) mass is 419 g/mol. The van der Waals surface area contributed by atoms with Gasteiger partial charge in [-0.2, -0.15) is 0 Å². The Morgan fingerprint density at radius 1 is 0.867 bits per heavy atom. The van der Waals surface area contributed by atoms with Gasteiger partial charge in [0.05, 0.1) is 12.8 Å². The third kappa shape index (κ3) is 3.62. The Morgan fingerprint density at radius 3 is 2.07 bits per heavy atom.